The summed E-state index contributed by atoms with van der Waals surface area (Å²) in [4.78, 5) is 0. The minimum atomic E-state index is -0.347. The third kappa shape index (κ3) is 9.79. The maximum absolute atomic E-state index is 6.25. The van der Waals surface area contributed by atoms with Gasteiger partial charge in [-0.1, -0.05) is 218 Å². The van der Waals surface area contributed by atoms with Crippen molar-refractivity contribution in [1.82, 2.24) is 0 Å². The van der Waals surface area contributed by atoms with E-state index in [1.807, 2.05) is 6.07 Å². The first-order valence-corrected chi connectivity index (χ1v) is 25.9. The molecule has 10 aromatic rings. The third-order valence-corrected chi connectivity index (χ3v) is 15.9. The van der Waals surface area contributed by atoms with Crippen LogP contribution in [0.3, 0.4) is 0 Å². The lowest BCUT2D eigenvalue weighted by molar-refractivity contribution is 0.00578. The predicted octanol–water partition coefficient (Wildman–Crippen LogP) is 16.3. The van der Waals surface area contributed by atoms with Crippen molar-refractivity contribution in [3.8, 4) is 66.8 Å². The van der Waals surface area contributed by atoms with Crippen LogP contribution < -0.4 is 10.9 Å². The molecule has 4 nitrogen and oxygen atoms in total. The molecule has 0 N–H and O–H groups in total. The highest BCUT2D eigenvalue weighted by Gasteiger charge is 2.52. The van der Waals surface area contributed by atoms with Gasteiger partial charge in [-0.25, -0.2) is 0 Å². The first kappa shape index (κ1) is 48.9. The molecule has 0 atom stereocenters. The molecular weight excluding hydrogens is 902 g/mol. The van der Waals surface area contributed by atoms with E-state index in [4.69, 9.17) is 18.6 Å². The van der Waals surface area contributed by atoms with Crippen LogP contribution in [0.15, 0.2) is 231 Å². The normalized spacial score (nSPS) is 16.3. The van der Waals surface area contributed by atoms with Crippen molar-refractivity contribution in [2.45, 2.75) is 77.8 Å². The number of fused-ring (bicyclic) bond motifs is 2. The molecule has 0 spiro atoms. The Kier molecular flexibility index (Phi) is 12.9. The topological polar surface area (TPSA) is 36.9 Å². The molecule has 10 aromatic carbocycles. The molecule has 0 bridgehead atoms. The van der Waals surface area contributed by atoms with Crippen LogP contribution in [-0.4, -0.2) is 36.6 Å². The third-order valence-electron chi connectivity index (χ3n) is 15.9. The minimum absolute atomic E-state index is 0.341. The number of rotatable bonds is 8. The van der Waals surface area contributed by atoms with Gasteiger partial charge in [0.2, 0.25) is 0 Å². The second kappa shape index (κ2) is 19.5. The van der Waals surface area contributed by atoms with Gasteiger partial charge in [0.1, 0.15) is 0 Å². The summed E-state index contributed by atoms with van der Waals surface area (Å²) in [5, 5.41) is 4.78. The van der Waals surface area contributed by atoms with Gasteiger partial charge in [0.25, 0.3) is 0 Å². The molecule has 2 saturated heterocycles. The SMILES string of the molecule is CC1(C)OB(c2ccc3cc(-c4ccc(-c5ccc(-c6ccccc6)cc5)cc4)ccc3c2)OC1(C)C.CC1(C)OB(c2ccc3cc(-c4ccc(-c5ccccc5-c5ccccc5)cc4)ccc3c2)OC1(C)C. The van der Waals surface area contributed by atoms with E-state index in [2.05, 4.69) is 280 Å². The molecule has 2 fully saturated rings. The zero-order chi connectivity index (χ0) is 51.2. The fourth-order valence-corrected chi connectivity index (χ4v) is 9.93. The molecule has 0 amide bonds. The van der Waals surface area contributed by atoms with E-state index in [0.717, 1.165) is 10.9 Å². The van der Waals surface area contributed by atoms with E-state index in [9.17, 15) is 0 Å². The zero-order valence-electron chi connectivity index (χ0n) is 43.7. The molecule has 0 saturated carbocycles. The summed E-state index contributed by atoms with van der Waals surface area (Å²) >= 11 is 0. The van der Waals surface area contributed by atoms with Gasteiger partial charge in [-0.3, -0.25) is 0 Å². The lowest BCUT2D eigenvalue weighted by atomic mass is 9.78. The molecule has 0 radical (unpaired) electrons. The van der Waals surface area contributed by atoms with Gasteiger partial charge in [0.05, 0.1) is 22.4 Å². The van der Waals surface area contributed by atoms with Gasteiger partial charge >= 0.3 is 14.2 Å². The lowest BCUT2D eigenvalue weighted by Crippen LogP contribution is -2.41. The molecule has 0 unspecified atom stereocenters. The number of benzene rings is 10. The van der Waals surface area contributed by atoms with Gasteiger partial charge in [0, 0.05) is 0 Å². The molecular formula is C68H62B2O4. The van der Waals surface area contributed by atoms with Crippen molar-refractivity contribution in [3.63, 3.8) is 0 Å². The first-order chi connectivity index (χ1) is 35.6. The van der Waals surface area contributed by atoms with Crippen molar-refractivity contribution < 1.29 is 18.6 Å². The minimum Gasteiger partial charge on any atom is -0.399 e. The van der Waals surface area contributed by atoms with E-state index in [1.165, 1.54) is 88.3 Å². The molecule has 74 heavy (non-hydrogen) atoms. The molecule has 0 aliphatic carbocycles. The second-order valence-corrected chi connectivity index (χ2v) is 21.8. The van der Waals surface area contributed by atoms with Gasteiger partial charge < -0.3 is 18.6 Å². The van der Waals surface area contributed by atoms with Crippen LogP contribution >= 0.6 is 0 Å². The van der Waals surface area contributed by atoms with Crippen molar-refractivity contribution >= 4 is 46.7 Å². The molecule has 12 rings (SSSR count). The first-order valence-electron chi connectivity index (χ1n) is 25.9. The Morgan fingerprint density at radius 2 is 0.473 bits per heavy atom. The van der Waals surface area contributed by atoms with Crippen LogP contribution in [0.4, 0.5) is 0 Å². The van der Waals surface area contributed by atoms with Crippen LogP contribution in [0.5, 0.6) is 0 Å². The quantitative estimate of drug-likeness (QED) is 0.142. The average molecular weight is 965 g/mol. The van der Waals surface area contributed by atoms with Crippen LogP contribution in [0.25, 0.3) is 88.3 Å². The molecule has 364 valence electrons. The monoisotopic (exact) mass is 964 g/mol. The van der Waals surface area contributed by atoms with Crippen molar-refractivity contribution in [2.75, 3.05) is 0 Å². The summed E-state index contributed by atoms with van der Waals surface area (Å²) in [5.74, 6) is 0. The molecule has 2 aliphatic heterocycles. The predicted molar refractivity (Wildman–Crippen MR) is 312 cm³/mol. The van der Waals surface area contributed by atoms with Crippen LogP contribution in [-0.2, 0) is 18.6 Å². The van der Waals surface area contributed by atoms with E-state index in [1.54, 1.807) is 0 Å². The Bertz CT molecular complexity index is 3570. The Hall–Kier alpha value is -7.31. The van der Waals surface area contributed by atoms with Crippen molar-refractivity contribution in [3.05, 3.63) is 231 Å². The summed E-state index contributed by atoms with van der Waals surface area (Å²) in [7, 11) is -0.691. The standard InChI is InChI=1S/2C34H31BO2/c1-33(2)34(3,4)37-35(36-33)30-21-20-28-22-27(18-19-29(28)23-30)24-14-16-26(17-15-24)32-13-9-8-12-31(32)25-10-6-5-7-11-25;1-33(2)34(3,4)37-35(36-33)32-21-20-30-22-29(18-19-31(30)23-32)28-16-14-27(15-17-28)26-12-10-25(11-13-26)24-8-6-5-7-9-24/h2*5-23H,1-4H3. The highest BCUT2D eigenvalue weighted by Crippen LogP contribution is 2.39. The van der Waals surface area contributed by atoms with Gasteiger partial charge in [0.15, 0.2) is 0 Å². The summed E-state index contributed by atoms with van der Waals surface area (Å²) in [6.45, 7) is 16.7. The smallest absolute Gasteiger partial charge is 0.399 e. The maximum Gasteiger partial charge on any atom is 0.494 e. The van der Waals surface area contributed by atoms with E-state index in [0.29, 0.717) is 0 Å². The lowest BCUT2D eigenvalue weighted by Gasteiger charge is -2.32. The van der Waals surface area contributed by atoms with Crippen LogP contribution in [0.1, 0.15) is 55.4 Å². The molecule has 2 heterocycles. The Balaban J connectivity index is 0.000000159. The molecule has 0 aromatic heterocycles. The van der Waals surface area contributed by atoms with E-state index < -0.39 is 0 Å². The summed E-state index contributed by atoms with van der Waals surface area (Å²) in [6, 6.07) is 82.4. The molecule has 2 aliphatic rings. The van der Waals surface area contributed by atoms with Crippen LogP contribution in [0, 0.1) is 0 Å². The van der Waals surface area contributed by atoms with E-state index >= 15 is 0 Å². The van der Waals surface area contributed by atoms with Gasteiger partial charge in [-0.05, 0) is 167 Å². The Labute approximate surface area is 438 Å². The van der Waals surface area contributed by atoms with Gasteiger partial charge in [-0.2, -0.15) is 0 Å². The van der Waals surface area contributed by atoms with Crippen LogP contribution in [0.2, 0.25) is 0 Å². The average Bonchev–Trinajstić information content (AvgIpc) is 3.80. The maximum atomic E-state index is 6.25. The second-order valence-electron chi connectivity index (χ2n) is 21.8. The fourth-order valence-electron chi connectivity index (χ4n) is 9.93. The number of hydrogen-bond donors (Lipinski definition) is 0. The van der Waals surface area contributed by atoms with Crippen molar-refractivity contribution in [2.24, 2.45) is 0 Å². The number of hydrogen-bond acceptors (Lipinski definition) is 4. The fraction of sp³-hybridized carbons (Fsp3) is 0.176. The Morgan fingerprint density at radius 3 is 0.838 bits per heavy atom. The largest absolute Gasteiger partial charge is 0.494 e. The summed E-state index contributed by atoms with van der Waals surface area (Å²) in [6.07, 6.45) is 0. The highest BCUT2D eigenvalue weighted by atomic mass is 16.7. The Morgan fingerprint density at radius 1 is 0.230 bits per heavy atom. The van der Waals surface area contributed by atoms with E-state index in [-0.39, 0.29) is 36.6 Å². The summed E-state index contributed by atoms with van der Waals surface area (Å²) in [5.41, 5.74) is 15.4. The zero-order valence-corrected chi connectivity index (χ0v) is 43.7. The summed E-state index contributed by atoms with van der Waals surface area (Å²) < 4.78 is 25.0. The van der Waals surface area contributed by atoms with Gasteiger partial charge in [-0.15, -0.1) is 0 Å². The van der Waals surface area contributed by atoms with Crippen molar-refractivity contribution in [1.29, 1.82) is 0 Å². The molecule has 6 heteroatoms. The highest BCUT2D eigenvalue weighted by molar-refractivity contribution is 6.63.